The van der Waals surface area contributed by atoms with E-state index < -0.39 is 11.6 Å². The molecule has 0 bridgehead atoms. The Balaban J connectivity index is 1.74. The zero-order valence-electron chi connectivity index (χ0n) is 21.9. The molecule has 36 heavy (non-hydrogen) atoms. The van der Waals surface area contributed by atoms with Crippen molar-refractivity contribution in [3.63, 3.8) is 0 Å². The molecule has 0 aliphatic rings. The fourth-order valence-electron chi connectivity index (χ4n) is 3.69. The van der Waals surface area contributed by atoms with Gasteiger partial charge in [-0.1, -0.05) is 63.2 Å². The maximum Gasteiger partial charge on any atom is 0.347 e. The lowest BCUT2D eigenvalue weighted by Crippen LogP contribution is -2.38. The van der Waals surface area contributed by atoms with Crippen LogP contribution in [0.3, 0.4) is 0 Å². The number of nitrogens with zero attached hydrogens (tertiary/aromatic N) is 2. The molecular weight excluding hydrogens is 454 g/mol. The molecule has 7 nitrogen and oxygen atoms in total. The van der Waals surface area contributed by atoms with Gasteiger partial charge in [0.1, 0.15) is 5.75 Å². The Morgan fingerprint density at radius 1 is 1.08 bits per heavy atom. The average Bonchev–Trinajstić information content (AvgIpc) is 3.22. The van der Waals surface area contributed by atoms with Crippen LogP contribution < -0.4 is 10.1 Å². The summed E-state index contributed by atoms with van der Waals surface area (Å²) >= 11 is 0. The summed E-state index contributed by atoms with van der Waals surface area (Å²) in [6.45, 7) is 16.0. The van der Waals surface area contributed by atoms with Crippen LogP contribution in [0.1, 0.15) is 61.8 Å². The van der Waals surface area contributed by atoms with E-state index in [0.717, 1.165) is 22.4 Å². The lowest BCUT2D eigenvalue weighted by atomic mass is 9.86. The zero-order chi connectivity index (χ0) is 26.7. The number of hydrogen-bond donors (Lipinski definition) is 2. The Hall–Kier alpha value is -3.87. The van der Waals surface area contributed by atoms with E-state index in [-0.39, 0.29) is 11.3 Å². The van der Waals surface area contributed by atoms with Crippen LogP contribution in [0.15, 0.2) is 61.2 Å². The third-order valence-corrected chi connectivity index (χ3v) is 5.93. The van der Waals surface area contributed by atoms with Gasteiger partial charge in [0.15, 0.2) is 11.3 Å². The Bertz CT molecular complexity index is 1260. The number of aromatic nitrogens is 2. The predicted molar refractivity (Wildman–Crippen MR) is 141 cm³/mol. The lowest BCUT2D eigenvalue weighted by molar-refractivity contribution is -0.152. The Kier molecular flexibility index (Phi) is 7.72. The highest BCUT2D eigenvalue weighted by atomic mass is 16.5. The lowest BCUT2D eigenvalue weighted by Gasteiger charge is -2.23. The van der Waals surface area contributed by atoms with E-state index in [1.54, 1.807) is 29.0 Å². The molecule has 0 unspecified atom stereocenters. The molecule has 0 aliphatic heterocycles. The van der Waals surface area contributed by atoms with Crippen LogP contribution in [-0.2, 0) is 23.3 Å². The van der Waals surface area contributed by atoms with Gasteiger partial charge in [0, 0.05) is 6.54 Å². The smallest absolute Gasteiger partial charge is 0.347 e. The number of benzene rings is 2. The van der Waals surface area contributed by atoms with E-state index in [4.69, 9.17) is 4.74 Å². The van der Waals surface area contributed by atoms with E-state index in [2.05, 4.69) is 62.0 Å². The van der Waals surface area contributed by atoms with Crippen molar-refractivity contribution in [3.8, 4) is 17.0 Å². The van der Waals surface area contributed by atoms with E-state index in [1.165, 1.54) is 19.4 Å². The summed E-state index contributed by atoms with van der Waals surface area (Å²) in [5.74, 6) is -0.836. The van der Waals surface area contributed by atoms with Gasteiger partial charge < -0.3 is 15.2 Å². The first-order valence-corrected chi connectivity index (χ1v) is 11.9. The number of rotatable bonds is 9. The number of aliphatic carboxylic acids is 1. The molecule has 0 radical (unpaired) electrons. The van der Waals surface area contributed by atoms with E-state index in [9.17, 15) is 14.7 Å². The molecule has 0 saturated carbocycles. The maximum atomic E-state index is 12.9. The highest BCUT2D eigenvalue weighted by Gasteiger charge is 2.30. The summed E-state index contributed by atoms with van der Waals surface area (Å²) in [4.78, 5) is 24.3. The minimum Gasteiger partial charge on any atom is -0.478 e. The number of carboxylic acids is 1. The van der Waals surface area contributed by atoms with Gasteiger partial charge in [-0.15, -0.1) is 6.58 Å². The molecule has 0 fully saturated rings. The number of nitrogens with one attached hydrogen (secondary N) is 1. The van der Waals surface area contributed by atoms with Gasteiger partial charge in [-0.3, -0.25) is 9.48 Å². The fraction of sp³-hybridized carbons (Fsp3) is 0.345. The highest BCUT2D eigenvalue weighted by molar-refractivity contribution is 5.93. The third kappa shape index (κ3) is 6.22. The second-order valence-electron chi connectivity index (χ2n) is 10.4. The topological polar surface area (TPSA) is 93.5 Å². The number of ether oxygens (including phenoxy) is 1. The molecule has 190 valence electrons. The van der Waals surface area contributed by atoms with Crippen molar-refractivity contribution in [2.75, 3.05) is 0 Å². The van der Waals surface area contributed by atoms with Gasteiger partial charge in [0.25, 0.3) is 5.91 Å². The Labute approximate surface area is 212 Å². The molecule has 1 aromatic heterocycles. The minimum atomic E-state index is -1.34. The summed E-state index contributed by atoms with van der Waals surface area (Å²) in [6, 6.07) is 15.5. The molecule has 0 aliphatic carbocycles. The summed E-state index contributed by atoms with van der Waals surface area (Å²) in [6.07, 6.45) is 1.75. The fourth-order valence-corrected chi connectivity index (χ4v) is 3.69. The number of allylic oxidation sites excluding steroid dienone is 1. The van der Waals surface area contributed by atoms with Crippen molar-refractivity contribution in [3.05, 3.63) is 83.6 Å². The van der Waals surface area contributed by atoms with Gasteiger partial charge in [0.05, 0.1) is 12.2 Å². The van der Waals surface area contributed by atoms with Crippen LogP contribution in [-0.4, -0.2) is 32.4 Å². The van der Waals surface area contributed by atoms with Crippen molar-refractivity contribution >= 4 is 11.9 Å². The quantitative estimate of drug-likeness (QED) is 0.386. The summed E-state index contributed by atoms with van der Waals surface area (Å²) in [5.41, 5.74) is 3.75. The van der Waals surface area contributed by atoms with Gasteiger partial charge in [0.2, 0.25) is 0 Å². The van der Waals surface area contributed by atoms with Crippen LogP contribution in [0.5, 0.6) is 5.75 Å². The molecule has 3 rings (SSSR count). The van der Waals surface area contributed by atoms with Crippen molar-refractivity contribution in [1.82, 2.24) is 15.1 Å². The molecule has 2 aromatic carbocycles. The van der Waals surface area contributed by atoms with E-state index in [1.807, 2.05) is 13.0 Å². The van der Waals surface area contributed by atoms with E-state index >= 15 is 0 Å². The SMILES string of the molecule is C=CCn1nc(C(=O)NCc2ccc(OC(C)(C)C(=O)O)c(C)c2)cc1-c1ccc(C(C)(C)C)cc1. The second-order valence-corrected chi connectivity index (χ2v) is 10.4. The molecule has 1 amide bonds. The van der Waals surface area contributed by atoms with Crippen LogP contribution in [0.2, 0.25) is 0 Å². The van der Waals surface area contributed by atoms with Gasteiger partial charge >= 0.3 is 5.97 Å². The minimum absolute atomic E-state index is 0.0556. The third-order valence-electron chi connectivity index (χ3n) is 5.93. The van der Waals surface area contributed by atoms with Crippen molar-refractivity contribution in [1.29, 1.82) is 0 Å². The first-order chi connectivity index (χ1) is 16.8. The van der Waals surface area contributed by atoms with Gasteiger partial charge in [-0.05, 0) is 60.6 Å². The molecule has 0 atom stereocenters. The number of carbonyl (C=O) groups excluding carboxylic acids is 1. The van der Waals surface area contributed by atoms with Crippen molar-refractivity contribution in [2.45, 2.75) is 65.6 Å². The molecule has 0 spiro atoms. The van der Waals surface area contributed by atoms with Crippen molar-refractivity contribution < 1.29 is 19.4 Å². The number of amides is 1. The molecule has 7 heteroatoms. The summed E-state index contributed by atoms with van der Waals surface area (Å²) in [7, 11) is 0. The van der Waals surface area contributed by atoms with Crippen LogP contribution in [0.25, 0.3) is 11.3 Å². The first-order valence-electron chi connectivity index (χ1n) is 11.9. The standard InChI is InChI=1S/C29H35N3O4/c1-8-15-32-24(21-10-12-22(13-11-21)28(3,4)5)17-23(31-32)26(33)30-18-20-9-14-25(19(2)16-20)36-29(6,7)27(34)35/h8-14,16-17H,1,15,18H2,2-7H3,(H,30,33)(H,34,35). The number of carboxylic acid groups (broad SMARTS) is 1. The molecule has 3 aromatic rings. The molecule has 1 heterocycles. The Morgan fingerprint density at radius 2 is 1.75 bits per heavy atom. The highest BCUT2D eigenvalue weighted by Crippen LogP contribution is 2.27. The second kappa shape index (κ2) is 10.4. The van der Waals surface area contributed by atoms with E-state index in [0.29, 0.717) is 24.5 Å². The van der Waals surface area contributed by atoms with Crippen LogP contribution >= 0.6 is 0 Å². The normalized spacial score (nSPS) is 11.7. The largest absolute Gasteiger partial charge is 0.478 e. The zero-order valence-corrected chi connectivity index (χ0v) is 21.9. The number of hydrogen-bond acceptors (Lipinski definition) is 4. The average molecular weight is 490 g/mol. The van der Waals surface area contributed by atoms with Gasteiger partial charge in [-0.2, -0.15) is 5.10 Å². The monoisotopic (exact) mass is 489 g/mol. The molecule has 0 saturated heterocycles. The predicted octanol–water partition coefficient (Wildman–Crippen LogP) is 5.51. The van der Waals surface area contributed by atoms with Crippen LogP contribution in [0, 0.1) is 6.92 Å². The number of aryl methyl sites for hydroxylation is 1. The Morgan fingerprint density at radius 3 is 2.31 bits per heavy atom. The number of carbonyl (C=O) groups is 2. The summed E-state index contributed by atoms with van der Waals surface area (Å²) < 4.78 is 7.42. The summed E-state index contributed by atoms with van der Waals surface area (Å²) in [5, 5.41) is 16.7. The van der Waals surface area contributed by atoms with Crippen LogP contribution in [0.4, 0.5) is 0 Å². The maximum absolute atomic E-state index is 12.9. The van der Waals surface area contributed by atoms with Gasteiger partial charge in [-0.25, -0.2) is 4.79 Å². The molecular formula is C29H35N3O4. The molecule has 2 N–H and O–H groups in total. The first kappa shape index (κ1) is 26.7. The van der Waals surface area contributed by atoms with Crippen molar-refractivity contribution in [2.24, 2.45) is 0 Å².